The lowest BCUT2D eigenvalue weighted by Gasteiger charge is -2.37. The Kier molecular flexibility index (Phi) is 8.32. The van der Waals surface area contributed by atoms with Gasteiger partial charge in [0, 0.05) is 31.6 Å². The van der Waals surface area contributed by atoms with Crippen LogP contribution >= 0.6 is 0 Å². The number of allylic oxidation sites excluding steroid dienone is 2. The third kappa shape index (κ3) is 5.97. The Morgan fingerprint density at radius 2 is 1.94 bits per heavy atom. The molecule has 1 N–H and O–H groups in total. The summed E-state index contributed by atoms with van der Waals surface area (Å²) in [5, 5.41) is 9.85. The highest BCUT2D eigenvalue weighted by atomic mass is 32.2. The molecule has 4 rings (SSSR count). The van der Waals surface area contributed by atoms with Crippen LogP contribution in [0.25, 0.3) is 5.57 Å². The van der Waals surface area contributed by atoms with Crippen molar-refractivity contribution in [2.75, 3.05) is 26.7 Å². The second kappa shape index (κ2) is 11.2. The van der Waals surface area contributed by atoms with Gasteiger partial charge in [0.1, 0.15) is 16.7 Å². The minimum atomic E-state index is -3.82. The first-order valence-corrected chi connectivity index (χ1v) is 14.1. The average molecular weight is 499 g/mol. The van der Waals surface area contributed by atoms with Crippen LogP contribution in [-0.2, 0) is 16.6 Å². The van der Waals surface area contributed by atoms with Crippen LogP contribution in [0, 0.1) is 5.92 Å². The quantitative estimate of drug-likeness (QED) is 0.607. The predicted molar refractivity (Wildman–Crippen MR) is 140 cm³/mol. The number of benzene rings is 2. The minimum Gasteiger partial charge on any atom is -0.487 e. The van der Waals surface area contributed by atoms with Crippen LogP contribution in [0.15, 0.2) is 59.5 Å². The molecular formula is C28H38N2O4S. The molecule has 0 saturated carbocycles. The zero-order valence-electron chi connectivity index (χ0n) is 21.1. The SMILES string of the molecule is C[C@H](CO)N1C[C@H](C)[C@@H](CN(C)Cc2ccccc2)Oc2cc(C3=CCCCC3)ccc2S1(=O)=O. The van der Waals surface area contributed by atoms with E-state index < -0.39 is 16.1 Å². The molecule has 1 aliphatic carbocycles. The molecule has 1 aliphatic heterocycles. The summed E-state index contributed by atoms with van der Waals surface area (Å²) in [6.07, 6.45) is 6.45. The zero-order valence-corrected chi connectivity index (χ0v) is 21.9. The number of nitrogens with zero attached hydrogens (tertiary/aromatic N) is 2. The molecule has 0 bridgehead atoms. The largest absolute Gasteiger partial charge is 0.487 e. The van der Waals surface area contributed by atoms with E-state index in [1.165, 1.54) is 21.9 Å². The monoisotopic (exact) mass is 498 g/mol. The lowest BCUT2D eigenvalue weighted by Crippen LogP contribution is -2.49. The van der Waals surface area contributed by atoms with Crippen LogP contribution in [0.2, 0.25) is 0 Å². The maximum absolute atomic E-state index is 13.7. The number of hydrogen-bond acceptors (Lipinski definition) is 5. The molecule has 1 heterocycles. The van der Waals surface area contributed by atoms with Gasteiger partial charge in [-0.15, -0.1) is 0 Å². The van der Waals surface area contributed by atoms with E-state index in [0.717, 1.165) is 31.4 Å². The number of hydrogen-bond donors (Lipinski definition) is 1. The van der Waals surface area contributed by atoms with Gasteiger partial charge in [-0.05, 0) is 68.5 Å². The highest BCUT2D eigenvalue weighted by Crippen LogP contribution is 2.37. The van der Waals surface area contributed by atoms with Crippen molar-refractivity contribution < 1.29 is 18.3 Å². The van der Waals surface area contributed by atoms with Crippen molar-refractivity contribution in [3.05, 3.63) is 65.7 Å². The minimum absolute atomic E-state index is 0.0669. The fourth-order valence-corrected chi connectivity index (χ4v) is 6.84. The van der Waals surface area contributed by atoms with E-state index in [2.05, 4.69) is 30.2 Å². The van der Waals surface area contributed by atoms with Crippen molar-refractivity contribution in [2.45, 2.75) is 63.1 Å². The smallest absolute Gasteiger partial charge is 0.247 e. The number of aliphatic hydroxyl groups excluding tert-OH is 1. The standard InChI is InChI=1S/C28H38N2O4S/c1-21-17-30(22(2)20-31)35(32,33)28-15-14-25(24-12-8-5-9-13-24)16-26(28)34-27(21)19-29(3)18-23-10-6-4-7-11-23/h4,6-7,10-12,14-16,21-22,27,31H,5,8-9,13,17-20H2,1-3H3/t21-,22+,27+/m0/s1. The molecule has 7 heteroatoms. The molecule has 6 nitrogen and oxygen atoms in total. The first kappa shape index (κ1) is 25.9. The van der Waals surface area contributed by atoms with Gasteiger partial charge in [-0.25, -0.2) is 8.42 Å². The second-order valence-corrected chi connectivity index (χ2v) is 11.9. The Morgan fingerprint density at radius 1 is 1.17 bits per heavy atom. The summed E-state index contributed by atoms with van der Waals surface area (Å²) in [5.41, 5.74) is 3.51. The maximum atomic E-state index is 13.7. The molecule has 0 fully saturated rings. The Bertz CT molecular complexity index is 1130. The molecule has 0 saturated heterocycles. The van der Waals surface area contributed by atoms with Gasteiger partial charge in [-0.2, -0.15) is 4.31 Å². The van der Waals surface area contributed by atoms with Gasteiger partial charge in [0.15, 0.2) is 0 Å². The maximum Gasteiger partial charge on any atom is 0.247 e. The van der Waals surface area contributed by atoms with Crippen LogP contribution in [0.1, 0.15) is 50.7 Å². The third-order valence-electron chi connectivity index (χ3n) is 7.12. The van der Waals surface area contributed by atoms with Crippen molar-refractivity contribution >= 4 is 15.6 Å². The first-order valence-electron chi connectivity index (χ1n) is 12.6. The van der Waals surface area contributed by atoms with Crippen molar-refractivity contribution in [1.82, 2.24) is 9.21 Å². The summed E-state index contributed by atoms with van der Waals surface area (Å²) >= 11 is 0. The van der Waals surface area contributed by atoms with Gasteiger partial charge in [0.25, 0.3) is 0 Å². The van der Waals surface area contributed by atoms with E-state index >= 15 is 0 Å². The molecular weight excluding hydrogens is 460 g/mol. The highest BCUT2D eigenvalue weighted by Gasteiger charge is 2.38. The van der Waals surface area contributed by atoms with Gasteiger partial charge >= 0.3 is 0 Å². The van der Waals surface area contributed by atoms with E-state index in [9.17, 15) is 13.5 Å². The lowest BCUT2D eigenvalue weighted by atomic mass is 9.93. The number of ether oxygens (including phenoxy) is 1. The predicted octanol–water partition coefficient (Wildman–Crippen LogP) is 4.54. The fraction of sp³-hybridized carbons (Fsp3) is 0.500. The van der Waals surface area contributed by atoms with E-state index in [1.54, 1.807) is 13.0 Å². The Hall–Kier alpha value is -2.19. The summed E-state index contributed by atoms with van der Waals surface area (Å²) in [6.45, 7) is 5.29. The topological polar surface area (TPSA) is 70.1 Å². The van der Waals surface area contributed by atoms with Gasteiger partial charge in [0.2, 0.25) is 10.0 Å². The van der Waals surface area contributed by atoms with Crippen LogP contribution in [0.5, 0.6) is 5.75 Å². The molecule has 0 amide bonds. The molecule has 2 aromatic rings. The summed E-state index contributed by atoms with van der Waals surface area (Å²) in [5.74, 6) is 0.344. The molecule has 0 aromatic heterocycles. The molecule has 0 spiro atoms. The van der Waals surface area contributed by atoms with Crippen molar-refractivity contribution in [1.29, 1.82) is 0 Å². The zero-order chi connectivity index (χ0) is 25.0. The van der Waals surface area contributed by atoms with Crippen LogP contribution < -0.4 is 4.74 Å². The van der Waals surface area contributed by atoms with Crippen LogP contribution in [-0.4, -0.2) is 61.6 Å². The van der Waals surface area contributed by atoms with Crippen molar-refractivity contribution in [3.63, 3.8) is 0 Å². The van der Waals surface area contributed by atoms with E-state index in [0.29, 0.717) is 18.8 Å². The Morgan fingerprint density at radius 3 is 2.63 bits per heavy atom. The third-order valence-corrected chi connectivity index (χ3v) is 9.14. The van der Waals surface area contributed by atoms with E-state index in [4.69, 9.17) is 4.74 Å². The molecule has 3 atom stereocenters. The van der Waals surface area contributed by atoms with Crippen molar-refractivity contribution in [2.24, 2.45) is 5.92 Å². The number of fused-ring (bicyclic) bond motifs is 1. The van der Waals surface area contributed by atoms with Crippen LogP contribution in [0.4, 0.5) is 0 Å². The first-order chi connectivity index (χ1) is 16.8. The van der Waals surface area contributed by atoms with Gasteiger partial charge in [-0.1, -0.05) is 49.4 Å². The highest BCUT2D eigenvalue weighted by molar-refractivity contribution is 7.89. The second-order valence-electron chi connectivity index (χ2n) is 10.1. The molecule has 0 radical (unpaired) electrons. The van der Waals surface area contributed by atoms with E-state index in [-0.39, 0.29) is 23.5 Å². The average Bonchev–Trinajstić information content (AvgIpc) is 2.86. The number of aliphatic hydroxyl groups is 1. The number of rotatable bonds is 7. The number of likely N-dealkylation sites (N-methyl/N-ethyl adjacent to an activating group) is 1. The molecule has 190 valence electrons. The van der Waals surface area contributed by atoms with Gasteiger partial charge in [0.05, 0.1) is 6.61 Å². The summed E-state index contributed by atoms with van der Waals surface area (Å²) in [6, 6.07) is 15.3. The fourth-order valence-electron chi connectivity index (χ4n) is 5.01. The molecule has 0 unspecified atom stereocenters. The molecule has 2 aromatic carbocycles. The molecule has 35 heavy (non-hydrogen) atoms. The Balaban J connectivity index is 1.69. The van der Waals surface area contributed by atoms with Crippen molar-refractivity contribution in [3.8, 4) is 5.75 Å². The van der Waals surface area contributed by atoms with Gasteiger partial charge in [-0.3, -0.25) is 4.90 Å². The summed E-state index contributed by atoms with van der Waals surface area (Å²) in [4.78, 5) is 2.40. The molecule has 2 aliphatic rings. The normalized spacial score (nSPS) is 23.5. The summed E-state index contributed by atoms with van der Waals surface area (Å²) in [7, 11) is -1.75. The van der Waals surface area contributed by atoms with Crippen LogP contribution in [0.3, 0.4) is 0 Å². The lowest BCUT2D eigenvalue weighted by molar-refractivity contribution is 0.0733. The summed E-state index contributed by atoms with van der Waals surface area (Å²) < 4.78 is 35.4. The Labute approximate surface area is 210 Å². The van der Waals surface area contributed by atoms with E-state index in [1.807, 2.05) is 37.3 Å². The number of sulfonamides is 1. The van der Waals surface area contributed by atoms with Gasteiger partial charge < -0.3 is 9.84 Å².